The molecule has 2 aliphatic rings. The predicted octanol–water partition coefficient (Wildman–Crippen LogP) is 1.10. The highest BCUT2D eigenvalue weighted by Gasteiger charge is 2.28. The maximum absolute atomic E-state index is 5.38. The smallest absolute Gasteiger partial charge is 0.0594 e. The van der Waals surface area contributed by atoms with E-state index in [2.05, 4.69) is 17.1 Å². The first-order valence-corrected chi connectivity index (χ1v) is 6.43. The summed E-state index contributed by atoms with van der Waals surface area (Å²) in [5.74, 6) is 0.878. The zero-order chi connectivity index (χ0) is 10.5. The second-order valence-corrected chi connectivity index (χ2v) is 4.77. The monoisotopic (exact) mass is 212 g/mol. The quantitative estimate of drug-likeness (QED) is 0.755. The first kappa shape index (κ1) is 11.4. The van der Waals surface area contributed by atoms with Gasteiger partial charge in [-0.05, 0) is 25.3 Å². The highest BCUT2D eigenvalue weighted by molar-refractivity contribution is 4.85. The van der Waals surface area contributed by atoms with Gasteiger partial charge in [-0.25, -0.2) is 0 Å². The normalized spacial score (nSPS) is 33.4. The molecule has 88 valence electrons. The zero-order valence-corrected chi connectivity index (χ0v) is 9.87. The maximum Gasteiger partial charge on any atom is 0.0594 e. The molecular formula is C12H24N2O. The maximum atomic E-state index is 5.38. The van der Waals surface area contributed by atoms with Crippen LogP contribution in [0.4, 0.5) is 0 Å². The predicted molar refractivity (Wildman–Crippen MR) is 62.1 cm³/mol. The molecule has 1 saturated heterocycles. The van der Waals surface area contributed by atoms with Crippen molar-refractivity contribution in [2.45, 2.75) is 32.2 Å². The van der Waals surface area contributed by atoms with Gasteiger partial charge in [0.1, 0.15) is 0 Å². The van der Waals surface area contributed by atoms with E-state index in [1.165, 1.54) is 25.8 Å². The van der Waals surface area contributed by atoms with Crippen molar-refractivity contribution in [3.63, 3.8) is 0 Å². The van der Waals surface area contributed by atoms with E-state index in [0.29, 0.717) is 0 Å². The molecule has 0 aromatic rings. The lowest BCUT2D eigenvalue weighted by molar-refractivity contribution is 0.0292. The van der Waals surface area contributed by atoms with E-state index in [0.717, 1.165) is 44.8 Å². The highest BCUT2D eigenvalue weighted by atomic mass is 16.5. The fourth-order valence-corrected chi connectivity index (χ4v) is 2.90. The molecule has 15 heavy (non-hydrogen) atoms. The van der Waals surface area contributed by atoms with Gasteiger partial charge < -0.3 is 10.1 Å². The van der Waals surface area contributed by atoms with Crippen LogP contribution in [0.2, 0.25) is 0 Å². The van der Waals surface area contributed by atoms with Crippen molar-refractivity contribution in [2.24, 2.45) is 5.92 Å². The Morgan fingerprint density at radius 1 is 1.27 bits per heavy atom. The van der Waals surface area contributed by atoms with Crippen LogP contribution in [0.1, 0.15) is 26.2 Å². The second kappa shape index (κ2) is 5.83. The number of ether oxygens (including phenoxy) is 1. The number of rotatable bonds is 4. The molecule has 1 N–H and O–H groups in total. The van der Waals surface area contributed by atoms with Crippen molar-refractivity contribution in [3.05, 3.63) is 0 Å². The van der Waals surface area contributed by atoms with E-state index in [1.807, 2.05) is 0 Å². The minimum Gasteiger partial charge on any atom is -0.379 e. The molecule has 3 nitrogen and oxygen atoms in total. The fraction of sp³-hybridized carbons (Fsp3) is 1.00. The average molecular weight is 212 g/mol. The molecule has 0 aromatic heterocycles. The number of hydrogen-bond donors (Lipinski definition) is 1. The third-order valence-corrected chi connectivity index (χ3v) is 3.72. The third-order valence-electron chi connectivity index (χ3n) is 3.72. The van der Waals surface area contributed by atoms with Gasteiger partial charge in [0.15, 0.2) is 0 Å². The first-order chi connectivity index (χ1) is 7.40. The van der Waals surface area contributed by atoms with E-state index < -0.39 is 0 Å². The summed E-state index contributed by atoms with van der Waals surface area (Å²) in [7, 11) is 0. The summed E-state index contributed by atoms with van der Waals surface area (Å²) < 4.78 is 5.38. The Morgan fingerprint density at radius 3 is 2.80 bits per heavy atom. The standard InChI is InChI=1S/C12H24N2O/c1-2-13-12-5-3-4-11(12)10-14-6-8-15-9-7-14/h11-13H,2-10H2,1H3. The number of morpholine rings is 1. The van der Waals surface area contributed by atoms with Gasteiger partial charge in [0.05, 0.1) is 13.2 Å². The Kier molecular flexibility index (Phi) is 4.42. The molecular weight excluding hydrogens is 188 g/mol. The molecule has 0 bridgehead atoms. The molecule has 0 aromatic carbocycles. The summed E-state index contributed by atoms with van der Waals surface area (Å²) in [5.41, 5.74) is 0. The number of hydrogen-bond acceptors (Lipinski definition) is 3. The summed E-state index contributed by atoms with van der Waals surface area (Å²) >= 11 is 0. The Bertz CT molecular complexity index is 180. The Labute approximate surface area is 93.2 Å². The van der Waals surface area contributed by atoms with Gasteiger partial charge in [-0.2, -0.15) is 0 Å². The first-order valence-electron chi connectivity index (χ1n) is 6.43. The minimum atomic E-state index is 0.776. The van der Waals surface area contributed by atoms with Crippen LogP contribution >= 0.6 is 0 Å². The van der Waals surface area contributed by atoms with Crippen molar-refractivity contribution in [2.75, 3.05) is 39.4 Å². The molecule has 1 saturated carbocycles. The summed E-state index contributed by atoms with van der Waals surface area (Å²) in [5, 5.41) is 3.63. The molecule has 1 aliphatic carbocycles. The van der Waals surface area contributed by atoms with Crippen molar-refractivity contribution < 1.29 is 4.74 Å². The molecule has 3 heteroatoms. The molecule has 1 aliphatic heterocycles. The summed E-state index contributed by atoms with van der Waals surface area (Å²) in [6.07, 6.45) is 4.20. The molecule has 2 rings (SSSR count). The van der Waals surface area contributed by atoms with Crippen molar-refractivity contribution >= 4 is 0 Å². The van der Waals surface area contributed by atoms with Gasteiger partial charge in [-0.15, -0.1) is 0 Å². The van der Waals surface area contributed by atoms with E-state index in [4.69, 9.17) is 4.74 Å². The molecule has 2 fully saturated rings. The van der Waals surface area contributed by atoms with E-state index in [-0.39, 0.29) is 0 Å². The van der Waals surface area contributed by atoms with Gasteiger partial charge in [0.2, 0.25) is 0 Å². The van der Waals surface area contributed by atoms with Gasteiger partial charge >= 0.3 is 0 Å². The van der Waals surface area contributed by atoms with Crippen LogP contribution in [-0.4, -0.2) is 50.3 Å². The van der Waals surface area contributed by atoms with Crippen LogP contribution in [0.5, 0.6) is 0 Å². The van der Waals surface area contributed by atoms with Crippen LogP contribution < -0.4 is 5.32 Å². The lowest BCUT2D eigenvalue weighted by Crippen LogP contribution is -2.43. The highest BCUT2D eigenvalue weighted by Crippen LogP contribution is 2.26. The van der Waals surface area contributed by atoms with Gasteiger partial charge in [-0.3, -0.25) is 4.90 Å². The van der Waals surface area contributed by atoms with E-state index in [1.54, 1.807) is 0 Å². The summed E-state index contributed by atoms with van der Waals surface area (Å²) in [4.78, 5) is 2.57. The van der Waals surface area contributed by atoms with Crippen LogP contribution in [0, 0.1) is 5.92 Å². The van der Waals surface area contributed by atoms with Gasteiger partial charge in [0, 0.05) is 25.7 Å². The number of nitrogens with zero attached hydrogens (tertiary/aromatic N) is 1. The largest absolute Gasteiger partial charge is 0.379 e. The lowest BCUT2D eigenvalue weighted by atomic mass is 10.0. The molecule has 2 atom stereocenters. The summed E-state index contributed by atoms with van der Waals surface area (Å²) in [6, 6.07) is 0.776. The van der Waals surface area contributed by atoms with Crippen molar-refractivity contribution in [3.8, 4) is 0 Å². The van der Waals surface area contributed by atoms with Crippen molar-refractivity contribution in [1.29, 1.82) is 0 Å². The van der Waals surface area contributed by atoms with Gasteiger partial charge in [0.25, 0.3) is 0 Å². The second-order valence-electron chi connectivity index (χ2n) is 4.77. The molecule has 0 radical (unpaired) electrons. The average Bonchev–Trinajstić information content (AvgIpc) is 2.68. The van der Waals surface area contributed by atoms with E-state index in [9.17, 15) is 0 Å². The molecule has 0 spiro atoms. The van der Waals surface area contributed by atoms with Crippen molar-refractivity contribution in [1.82, 2.24) is 10.2 Å². The molecule has 0 amide bonds. The third kappa shape index (κ3) is 3.16. The van der Waals surface area contributed by atoms with Crippen LogP contribution in [0.3, 0.4) is 0 Å². The molecule has 1 heterocycles. The summed E-state index contributed by atoms with van der Waals surface area (Å²) in [6.45, 7) is 8.73. The molecule has 2 unspecified atom stereocenters. The number of nitrogens with one attached hydrogen (secondary N) is 1. The van der Waals surface area contributed by atoms with E-state index >= 15 is 0 Å². The fourth-order valence-electron chi connectivity index (χ4n) is 2.90. The zero-order valence-electron chi connectivity index (χ0n) is 9.87. The Hall–Kier alpha value is -0.120. The lowest BCUT2D eigenvalue weighted by Gasteiger charge is -2.31. The SMILES string of the molecule is CCNC1CCCC1CN1CCOCC1. The Morgan fingerprint density at radius 2 is 2.07 bits per heavy atom. The Balaban J connectivity index is 1.76. The van der Waals surface area contributed by atoms with Crippen LogP contribution in [-0.2, 0) is 4.74 Å². The van der Waals surface area contributed by atoms with Gasteiger partial charge in [-0.1, -0.05) is 13.3 Å². The minimum absolute atomic E-state index is 0.776. The van der Waals surface area contributed by atoms with Crippen LogP contribution in [0.15, 0.2) is 0 Å². The topological polar surface area (TPSA) is 24.5 Å². The van der Waals surface area contributed by atoms with Crippen LogP contribution in [0.25, 0.3) is 0 Å².